The number of nitrogens with zero attached hydrogens (tertiary/aromatic N) is 2. The maximum Gasteiger partial charge on any atom is 0.338 e. The first-order chi connectivity index (χ1) is 17.3. The quantitative estimate of drug-likeness (QED) is 0.454. The zero-order chi connectivity index (χ0) is 26.5. The van der Waals surface area contributed by atoms with E-state index < -0.39 is 35.0 Å². The summed E-state index contributed by atoms with van der Waals surface area (Å²) < 4.78 is 10.7. The monoisotopic (exact) mass is 486 g/mol. The van der Waals surface area contributed by atoms with Crippen molar-refractivity contribution in [2.45, 2.75) is 39.0 Å². The van der Waals surface area contributed by atoms with Crippen LogP contribution in [0.2, 0.25) is 0 Å². The highest BCUT2D eigenvalue weighted by Crippen LogP contribution is 2.58. The lowest BCUT2D eigenvalue weighted by atomic mass is 9.54. The number of aliphatic hydroxyl groups excluding tert-OH is 1. The molecular weight excluding hydrogens is 460 g/mol. The number of hydrogen-bond acceptors (Lipinski definition) is 8. The van der Waals surface area contributed by atoms with Crippen molar-refractivity contribution in [1.29, 1.82) is 10.5 Å². The molecule has 184 valence electrons. The molecule has 8 nitrogen and oxygen atoms in total. The predicted molar refractivity (Wildman–Crippen MR) is 128 cm³/mol. The first kappa shape index (κ1) is 26.2. The highest BCUT2D eigenvalue weighted by molar-refractivity contribution is 6.08. The SMILES string of the molecule is CCOC(=O)C1=C(O)C[C@@H](c2ccc(C#N)cc2)[C@](C(C)=O)(C(=O)OCC)C1c1ccc(C#N)cc1. The Kier molecular flexibility index (Phi) is 7.91. The number of Topliss-reactive ketones (excluding diaryl/α,β-unsaturated/α-hetero) is 1. The molecule has 1 aliphatic carbocycles. The summed E-state index contributed by atoms with van der Waals surface area (Å²) in [6.45, 7) is 4.48. The molecule has 2 aromatic rings. The Bertz CT molecular complexity index is 1280. The molecule has 0 amide bonds. The van der Waals surface area contributed by atoms with Crippen molar-refractivity contribution in [1.82, 2.24) is 0 Å². The molecule has 1 aliphatic rings. The van der Waals surface area contributed by atoms with Gasteiger partial charge in [-0.3, -0.25) is 9.59 Å². The number of hydrogen-bond donors (Lipinski definition) is 1. The third kappa shape index (κ3) is 4.46. The van der Waals surface area contributed by atoms with Gasteiger partial charge in [-0.05, 0) is 56.2 Å². The Morgan fingerprint density at radius 1 is 0.917 bits per heavy atom. The molecule has 0 radical (unpaired) electrons. The van der Waals surface area contributed by atoms with Gasteiger partial charge in [0.25, 0.3) is 0 Å². The molecule has 2 aromatic carbocycles. The smallest absolute Gasteiger partial charge is 0.338 e. The second-order valence-electron chi connectivity index (χ2n) is 8.38. The number of carbonyl (C=O) groups is 3. The van der Waals surface area contributed by atoms with Crippen LogP contribution in [-0.2, 0) is 23.9 Å². The molecule has 0 spiro atoms. The van der Waals surface area contributed by atoms with Crippen LogP contribution in [-0.4, -0.2) is 36.0 Å². The van der Waals surface area contributed by atoms with E-state index in [1.165, 1.54) is 19.1 Å². The predicted octanol–water partition coefficient (Wildman–Crippen LogP) is 4.21. The number of aliphatic hydroxyl groups is 1. The van der Waals surface area contributed by atoms with Crippen molar-refractivity contribution >= 4 is 17.7 Å². The molecule has 36 heavy (non-hydrogen) atoms. The zero-order valence-corrected chi connectivity index (χ0v) is 20.3. The van der Waals surface area contributed by atoms with E-state index in [0.29, 0.717) is 22.3 Å². The van der Waals surface area contributed by atoms with E-state index in [1.807, 2.05) is 12.1 Å². The number of carbonyl (C=O) groups excluding carboxylic acids is 3. The zero-order valence-electron chi connectivity index (χ0n) is 20.3. The van der Waals surface area contributed by atoms with Crippen LogP contribution in [0.5, 0.6) is 0 Å². The minimum absolute atomic E-state index is 0.0151. The molecule has 0 saturated carbocycles. The summed E-state index contributed by atoms with van der Waals surface area (Å²) in [6, 6.07) is 16.5. The summed E-state index contributed by atoms with van der Waals surface area (Å²) in [4.78, 5) is 40.6. The summed E-state index contributed by atoms with van der Waals surface area (Å²) in [6.07, 6.45) is -0.203. The van der Waals surface area contributed by atoms with Crippen LogP contribution in [0.15, 0.2) is 59.9 Å². The molecule has 0 heterocycles. The second kappa shape index (κ2) is 10.9. The standard InChI is InChI=1S/C28H26N2O6/c1-4-35-26(33)24-23(32)14-22(20-10-6-18(15-29)7-11-20)28(17(3)31,27(34)36-5-2)25(24)21-12-8-19(16-30)9-13-21/h6-13,22,25,32H,4-5,14H2,1-3H3/t22-,25?,28-/m0/s1. The molecule has 0 saturated heterocycles. The average molecular weight is 487 g/mol. The van der Waals surface area contributed by atoms with Crippen molar-refractivity contribution in [3.63, 3.8) is 0 Å². The third-order valence-electron chi connectivity index (χ3n) is 6.51. The normalized spacial score (nSPS) is 21.1. The fourth-order valence-corrected chi connectivity index (χ4v) is 4.96. The number of nitriles is 2. The van der Waals surface area contributed by atoms with E-state index in [-0.39, 0.29) is 31.0 Å². The Labute approximate surface area is 209 Å². The lowest BCUT2D eigenvalue weighted by Gasteiger charge is -2.46. The van der Waals surface area contributed by atoms with Gasteiger partial charge in [0.2, 0.25) is 0 Å². The maximum atomic E-state index is 13.8. The number of ether oxygens (including phenoxy) is 2. The van der Waals surface area contributed by atoms with Crippen molar-refractivity contribution in [3.8, 4) is 12.1 Å². The highest BCUT2D eigenvalue weighted by Gasteiger charge is 2.62. The molecule has 0 aliphatic heterocycles. The van der Waals surface area contributed by atoms with Gasteiger partial charge >= 0.3 is 11.9 Å². The van der Waals surface area contributed by atoms with E-state index in [9.17, 15) is 30.0 Å². The Balaban J connectivity index is 2.42. The summed E-state index contributed by atoms with van der Waals surface area (Å²) in [7, 11) is 0. The van der Waals surface area contributed by atoms with Crippen molar-refractivity contribution in [3.05, 3.63) is 82.1 Å². The van der Waals surface area contributed by atoms with Gasteiger partial charge in [0.15, 0.2) is 0 Å². The molecule has 0 bridgehead atoms. The van der Waals surface area contributed by atoms with Crippen LogP contribution >= 0.6 is 0 Å². The van der Waals surface area contributed by atoms with Crippen LogP contribution in [0.3, 0.4) is 0 Å². The van der Waals surface area contributed by atoms with E-state index >= 15 is 0 Å². The van der Waals surface area contributed by atoms with E-state index in [2.05, 4.69) is 0 Å². The highest BCUT2D eigenvalue weighted by atomic mass is 16.5. The van der Waals surface area contributed by atoms with Gasteiger partial charge in [0.1, 0.15) is 17.0 Å². The van der Waals surface area contributed by atoms with Crippen molar-refractivity contribution in [2.24, 2.45) is 5.41 Å². The number of ketones is 1. The Morgan fingerprint density at radius 3 is 1.86 bits per heavy atom. The minimum Gasteiger partial charge on any atom is -0.512 e. The largest absolute Gasteiger partial charge is 0.512 e. The van der Waals surface area contributed by atoms with Crippen molar-refractivity contribution < 1.29 is 29.0 Å². The summed E-state index contributed by atoms with van der Waals surface area (Å²) in [5.41, 5.74) is -0.527. The maximum absolute atomic E-state index is 13.8. The Hall–Kier alpha value is -4.43. The summed E-state index contributed by atoms with van der Waals surface area (Å²) in [5, 5.41) is 29.6. The molecule has 8 heteroatoms. The summed E-state index contributed by atoms with van der Waals surface area (Å²) in [5.74, 6) is -4.72. The van der Waals surface area contributed by atoms with E-state index in [4.69, 9.17) is 9.47 Å². The first-order valence-electron chi connectivity index (χ1n) is 11.5. The van der Waals surface area contributed by atoms with Crippen LogP contribution in [0.1, 0.15) is 61.3 Å². The van der Waals surface area contributed by atoms with Crippen LogP contribution in [0.4, 0.5) is 0 Å². The van der Waals surface area contributed by atoms with Crippen LogP contribution in [0, 0.1) is 28.1 Å². The minimum atomic E-state index is -1.94. The van der Waals surface area contributed by atoms with Gasteiger partial charge in [-0.25, -0.2) is 4.79 Å². The number of esters is 2. The molecule has 1 N–H and O–H groups in total. The molecule has 0 aromatic heterocycles. The first-order valence-corrected chi connectivity index (χ1v) is 11.5. The average Bonchev–Trinajstić information content (AvgIpc) is 2.88. The summed E-state index contributed by atoms with van der Waals surface area (Å²) >= 11 is 0. The number of rotatable bonds is 7. The molecular formula is C28H26N2O6. The number of benzene rings is 2. The van der Waals surface area contributed by atoms with Gasteiger partial charge in [0.05, 0.1) is 42.1 Å². The van der Waals surface area contributed by atoms with Gasteiger partial charge in [0, 0.05) is 18.3 Å². The van der Waals surface area contributed by atoms with Gasteiger partial charge < -0.3 is 14.6 Å². The molecule has 3 rings (SSSR count). The van der Waals surface area contributed by atoms with E-state index in [0.717, 1.165) is 0 Å². The fourth-order valence-electron chi connectivity index (χ4n) is 4.96. The van der Waals surface area contributed by atoms with Crippen molar-refractivity contribution in [2.75, 3.05) is 13.2 Å². The second-order valence-corrected chi connectivity index (χ2v) is 8.38. The topological polar surface area (TPSA) is 137 Å². The van der Waals surface area contributed by atoms with E-state index in [1.54, 1.807) is 50.2 Å². The molecule has 3 atom stereocenters. The Morgan fingerprint density at radius 2 is 1.42 bits per heavy atom. The lowest BCUT2D eigenvalue weighted by molar-refractivity contribution is -0.164. The third-order valence-corrected chi connectivity index (χ3v) is 6.51. The lowest BCUT2D eigenvalue weighted by Crippen LogP contribution is -2.53. The number of allylic oxidation sites excluding steroid dienone is 1. The fraction of sp³-hybridized carbons (Fsp3) is 0.321. The van der Waals surface area contributed by atoms with Crippen LogP contribution in [0.25, 0.3) is 0 Å². The van der Waals surface area contributed by atoms with Gasteiger partial charge in [-0.2, -0.15) is 10.5 Å². The van der Waals surface area contributed by atoms with Gasteiger partial charge in [-0.15, -0.1) is 0 Å². The molecule has 0 fully saturated rings. The van der Waals surface area contributed by atoms with Crippen LogP contribution < -0.4 is 0 Å². The molecule has 1 unspecified atom stereocenters. The van der Waals surface area contributed by atoms with Gasteiger partial charge in [-0.1, -0.05) is 24.3 Å².